The molecule has 1 saturated heterocycles. The number of nitrogens with two attached hydrogens (primary N) is 1. The highest BCUT2D eigenvalue weighted by Crippen LogP contribution is 2.23. The molecule has 4 nitrogen and oxygen atoms in total. The van der Waals surface area contributed by atoms with Gasteiger partial charge in [0, 0.05) is 37.6 Å². The molecule has 16 heavy (non-hydrogen) atoms. The van der Waals surface area contributed by atoms with Crippen LogP contribution in [0.15, 0.2) is 5.38 Å². The summed E-state index contributed by atoms with van der Waals surface area (Å²) in [4.78, 5) is 9.37. The van der Waals surface area contributed by atoms with Crippen LogP contribution in [-0.4, -0.2) is 42.6 Å². The van der Waals surface area contributed by atoms with Crippen LogP contribution in [0.25, 0.3) is 0 Å². The van der Waals surface area contributed by atoms with Crippen LogP contribution in [-0.2, 0) is 6.54 Å². The third-order valence-corrected chi connectivity index (χ3v) is 4.22. The van der Waals surface area contributed by atoms with Gasteiger partial charge in [-0.05, 0) is 13.5 Å². The van der Waals surface area contributed by atoms with Gasteiger partial charge in [-0.15, -0.1) is 11.3 Å². The van der Waals surface area contributed by atoms with Crippen LogP contribution in [0.5, 0.6) is 0 Å². The maximum Gasteiger partial charge on any atom is 0.185 e. The molecule has 1 aromatic rings. The average Bonchev–Trinajstić information content (AvgIpc) is 2.78. The molecule has 1 aliphatic heterocycles. The van der Waals surface area contributed by atoms with E-state index in [2.05, 4.69) is 34.1 Å². The van der Waals surface area contributed by atoms with Crippen molar-refractivity contribution in [2.24, 2.45) is 5.73 Å². The Morgan fingerprint density at radius 3 is 3.00 bits per heavy atom. The van der Waals surface area contributed by atoms with Crippen molar-refractivity contribution >= 4 is 16.5 Å². The first kappa shape index (κ1) is 11.8. The highest BCUT2D eigenvalue weighted by Gasteiger charge is 2.24. The molecule has 90 valence electrons. The van der Waals surface area contributed by atoms with E-state index in [1.165, 1.54) is 6.42 Å². The monoisotopic (exact) mass is 240 g/mol. The molecular weight excluding hydrogens is 220 g/mol. The minimum Gasteiger partial charge on any atom is -0.345 e. The summed E-state index contributed by atoms with van der Waals surface area (Å²) in [5.41, 5.74) is 6.59. The first-order valence-corrected chi connectivity index (χ1v) is 6.72. The SMILES string of the molecule is CCC1CN(c2nc(CN)cs2)CCN1C. The molecule has 0 saturated carbocycles. The Kier molecular flexibility index (Phi) is 3.78. The number of thiazole rings is 1. The van der Waals surface area contributed by atoms with Gasteiger partial charge >= 0.3 is 0 Å². The average molecular weight is 240 g/mol. The van der Waals surface area contributed by atoms with Crippen molar-refractivity contribution < 1.29 is 0 Å². The minimum absolute atomic E-state index is 0.543. The number of hydrogen-bond acceptors (Lipinski definition) is 5. The number of piperazine rings is 1. The summed E-state index contributed by atoms with van der Waals surface area (Å²) >= 11 is 1.71. The molecule has 0 spiro atoms. The molecule has 0 aromatic carbocycles. The van der Waals surface area contributed by atoms with E-state index in [0.29, 0.717) is 12.6 Å². The fourth-order valence-corrected chi connectivity index (χ4v) is 2.97. The lowest BCUT2D eigenvalue weighted by Gasteiger charge is -2.39. The third kappa shape index (κ3) is 2.36. The second kappa shape index (κ2) is 5.12. The Bertz CT molecular complexity index is 338. The van der Waals surface area contributed by atoms with Gasteiger partial charge in [0.2, 0.25) is 0 Å². The highest BCUT2D eigenvalue weighted by molar-refractivity contribution is 7.13. The predicted octanol–water partition coefficient (Wildman–Crippen LogP) is 1.13. The topological polar surface area (TPSA) is 45.4 Å². The Morgan fingerprint density at radius 2 is 2.38 bits per heavy atom. The van der Waals surface area contributed by atoms with Gasteiger partial charge < -0.3 is 10.6 Å². The molecule has 5 heteroatoms. The second-order valence-corrected chi connectivity index (χ2v) is 5.15. The lowest BCUT2D eigenvalue weighted by atomic mass is 10.1. The van der Waals surface area contributed by atoms with Gasteiger partial charge in [0.15, 0.2) is 5.13 Å². The van der Waals surface area contributed by atoms with Gasteiger partial charge in [0.25, 0.3) is 0 Å². The summed E-state index contributed by atoms with van der Waals surface area (Å²) in [6.45, 7) is 6.07. The lowest BCUT2D eigenvalue weighted by molar-refractivity contribution is 0.213. The first-order chi connectivity index (χ1) is 7.74. The van der Waals surface area contributed by atoms with Crippen molar-refractivity contribution in [3.05, 3.63) is 11.1 Å². The predicted molar refractivity (Wildman–Crippen MR) is 68.9 cm³/mol. The van der Waals surface area contributed by atoms with Crippen molar-refractivity contribution in [3.63, 3.8) is 0 Å². The van der Waals surface area contributed by atoms with Crippen LogP contribution in [0, 0.1) is 0 Å². The zero-order valence-electron chi connectivity index (χ0n) is 10.0. The van der Waals surface area contributed by atoms with E-state index in [1.807, 2.05) is 0 Å². The van der Waals surface area contributed by atoms with E-state index in [1.54, 1.807) is 11.3 Å². The number of aromatic nitrogens is 1. The van der Waals surface area contributed by atoms with Crippen molar-refractivity contribution in [3.8, 4) is 0 Å². The van der Waals surface area contributed by atoms with Gasteiger partial charge in [-0.1, -0.05) is 6.92 Å². The summed E-state index contributed by atoms with van der Waals surface area (Å²) in [6, 6.07) is 0.652. The van der Waals surface area contributed by atoms with Gasteiger partial charge in [-0.25, -0.2) is 4.98 Å². The third-order valence-electron chi connectivity index (χ3n) is 3.27. The summed E-state index contributed by atoms with van der Waals surface area (Å²) < 4.78 is 0. The fraction of sp³-hybridized carbons (Fsp3) is 0.727. The maximum absolute atomic E-state index is 5.59. The largest absolute Gasteiger partial charge is 0.345 e. The zero-order valence-corrected chi connectivity index (χ0v) is 10.8. The van der Waals surface area contributed by atoms with Gasteiger partial charge in [-0.2, -0.15) is 0 Å². The Hall–Kier alpha value is -0.650. The Morgan fingerprint density at radius 1 is 1.56 bits per heavy atom. The Labute approximate surface area is 101 Å². The summed E-state index contributed by atoms with van der Waals surface area (Å²) in [5.74, 6) is 0. The second-order valence-electron chi connectivity index (χ2n) is 4.31. The highest BCUT2D eigenvalue weighted by atomic mass is 32.1. The van der Waals surface area contributed by atoms with E-state index in [0.717, 1.165) is 30.5 Å². The van der Waals surface area contributed by atoms with E-state index >= 15 is 0 Å². The Balaban J connectivity index is 2.05. The summed E-state index contributed by atoms with van der Waals surface area (Å²) in [6.07, 6.45) is 1.20. The van der Waals surface area contributed by atoms with Gasteiger partial charge in [0.05, 0.1) is 5.69 Å². The quantitative estimate of drug-likeness (QED) is 0.860. The molecule has 1 aliphatic rings. The first-order valence-electron chi connectivity index (χ1n) is 5.84. The molecule has 0 amide bonds. The van der Waals surface area contributed by atoms with Crippen LogP contribution in [0.4, 0.5) is 5.13 Å². The smallest absolute Gasteiger partial charge is 0.185 e. The van der Waals surface area contributed by atoms with Gasteiger partial charge in [0.1, 0.15) is 0 Å². The number of nitrogens with zero attached hydrogens (tertiary/aromatic N) is 3. The molecule has 0 bridgehead atoms. The molecule has 1 aromatic heterocycles. The van der Waals surface area contributed by atoms with Crippen molar-refractivity contribution in [2.75, 3.05) is 31.6 Å². The van der Waals surface area contributed by atoms with Crippen LogP contribution < -0.4 is 10.6 Å². The minimum atomic E-state index is 0.543. The molecule has 2 rings (SSSR count). The van der Waals surface area contributed by atoms with E-state index < -0.39 is 0 Å². The number of rotatable bonds is 3. The van der Waals surface area contributed by atoms with Crippen LogP contribution in [0.2, 0.25) is 0 Å². The maximum atomic E-state index is 5.59. The number of hydrogen-bond donors (Lipinski definition) is 1. The molecule has 0 aliphatic carbocycles. The molecule has 2 N–H and O–H groups in total. The number of likely N-dealkylation sites (N-methyl/N-ethyl adjacent to an activating group) is 1. The van der Waals surface area contributed by atoms with Gasteiger partial charge in [-0.3, -0.25) is 4.90 Å². The standard InChI is InChI=1S/C11H20N4S/c1-3-10-7-15(5-4-14(10)2)11-13-9(6-12)8-16-11/h8,10H,3-7,12H2,1-2H3. The van der Waals surface area contributed by atoms with E-state index in [-0.39, 0.29) is 0 Å². The molecule has 1 fully saturated rings. The van der Waals surface area contributed by atoms with E-state index in [4.69, 9.17) is 5.73 Å². The molecule has 2 heterocycles. The normalized spacial score (nSPS) is 22.7. The van der Waals surface area contributed by atoms with Crippen molar-refractivity contribution in [1.29, 1.82) is 0 Å². The van der Waals surface area contributed by atoms with Crippen LogP contribution in [0.3, 0.4) is 0 Å². The molecule has 0 radical (unpaired) electrons. The van der Waals surface area contributed by atoms with Crippen LogP contribution >= 0.6 is 11.3 Å². The fourth-order valence-electron chi connectivity index (χ4n) is 2.10. The van der Waals surface area contributed by atoms with E-state index in [9.17, 15) is 0 Å². The number of anilines is 1. The lowest BCUT2D eigenvalue weighted by Crippen LogP contribution is -2.51. The molecular formula is C11H20N4S. The molecule has 1 atom stereocenters. The molecule has 1 unspecified atom stereocenters. The zero-order chi connectivity index (χ0) is 11.5. The van der Waals surface area contributed by atoms with Crippen molar-refractivity contribution in [1.82, 2.24) is 9.88 Å². The summed E-state index contributed by atoms with van der Waals surface area (Å²) in [5, 5.41) is 3.20. The summed E-state index contributed by atoms with van der Waals surface area (Å²) in [7, 11) is 2.21. The van der Waals surface area contributed by atoms with Crippen molar-refractivity contribution in [2.45, 2.75) is 25.9 Å². The van der Waals surface area contributed by atoms with Crippen LogP contribution in [0.1, 0.15) is 19.0 Å².